The average molecular weight is 315 g/mol. The van der Waals surface area contributed by atoms with Gasteiger partial charge in [-0.3, -0.25) is 0 Å². The van der Waals surface area contributed by atoms with E-state index in [1.165, 1.54) is 12.1 Å². The monoisotopic (exact) mass is 315 g/mol. The Morgan fingerprint density at radius 1 is 1.38 bits per heavy atom. The second-order valence-corrected chi connectivity index (χ2v) is 7.17. The molecule has 1 atom stereocenters. The summed E-state index contributed by atoms with van der Waals surface area (Å²) < 4.78 is 40.7. The zero-order valence-electron chi connectivity index (χ0n) is 12.2. The summed E-state index contributed by atoms with van der Waals surface area (Å²) in [6, 6.07) is 3.42. The molecule has 1 heterocycles. The van der Waals surface area contributed by atoms with E-state index < -0.39 is 15.8 Å². The van der Waals surface area contributed by atoms with E-state index in [2.05, 4.69) is 9.62 Å². The zero-order valence-corrected chi connectivity index (χ0v) is 13.0. The summed E-state index contributed by atoms with van der Waals surface area (Å²) in [5, 5.41) is 0. The summed E-state index contributed by atoms with van der Waals surface area (Å²) in [6.07, 6.45) is 2.31. The molecule has 0 amide bonds. The number of benzene rings is 1. The van der Waals surface area contributed by atoms with Crippen LogP contribution >= 0.6 is 0 Å². The number of nitrogens with one attached hydrogen (secondary N) is 1. The fourth-order valence-corrected chi connectivity index (χ4v) is 4.16. The van der Waals surface area contributed by atoms with Crippen LogP contribution in [0.5, 0.6) is 0 Å². The van der Waals surface area contributed by atoms with Crippen LogP contribution in [0.4, 0.5) is 4.39 Å². The van der Waals surface area contributed by atoms with Crippen molar-refractivity contribution in [2.24, 2.45) is 5.73 Å². The first-order valence-corrected chi connectivity index (χ1v) is 8.64. The minimum atomic E-state index is -3.76. The number of nitrogens with two attached hydrogens (primary N) is 1. The van der Waals surface area contributed by atoms with E-state index >= 15 is 0 Å². The Labute approximate surface area is 125 Å². The van der Waals surface area contributed by atoms with Crippen molar-refractivity contribution < 1.29 is 12.8 Å². The maximum Gasteiger partial charge on any atom is 0.241 e. The molecular weight excluding hydrogens is 293 g/mol. The number of sulfonamides is 1. The van der Waals surface area contributed by atoms with Crippen molar-refractivity contribution in [1.82, 2.24) is 9.62 Å². The van der Waals surface area contributed by atoms with Gasteiger partial charge in [0.15, 0.2) is 0 Å². The van der Waals surface area contributed by atoms with Gasteiger partial charge in [0.2, 0.25) is 10.0 Å². The predicted octanol–water partition coefficient (Wildman–Crippen LogP) is 1.05. The van der Waals surface area contributed by atoms with Crippen molar-refractivity contribution in [3.8, 4) is 0 Å². The molecule has 1 aliphatic rings. The van der Waals surface area contributed by atoms with E-state index in [1.54, 1.807) is 0 Å². The van der Waals surface area contributed by atoms with Crippen LogP contribution in [0.2, 0.25) is 0 Å². The van der Waals surface area contributed by atoms with Gasteiger partial charge >= 0.3 is 0 Å². The van der Waals surface area contributed by atoms with Crippen LogP contribution in [-0.4, -0.2) is 39.0 Å². The maximum absolute atomic E-state index is 13.3. The second kappa shape index (κ2) is 6.83. The molecule has 5 nitrogen and oxygen atoms in total. The molecule has 1 unspecified atom stereocenters. The molecule has 7 heteroatoms. The van der Waals surface area contributed by atoms with Gasteiger partial charge in [-0.15, -0.1) is 0 Å². The fourth-order valence-electron chi connectivity index (χ4n) is 2.67. The number of hydrogen-bond donors (Lipinski definition) is 2. The minimum absolute atomic E-state index is 0.0526. The van der Waals surface area contributed by atoms with E-state index in [0.717, 1.165) is 32.0 Å². The molecule has 1 aromatic rings. The Balaban J connectivity index is 2.12. The third kappa shape index (κ3) is 4.23. The second-order valence-electron chi connectivity index (χ2n) is 5.49. The van der Waals surface area contributed by atoms with E-state index in [4.69, 9.17) is 5.73 Å². The van der Waals surface area contributed by atoms with Gasteiger partial charge in [0.1, 0.15) is 5.82 Å². The zero-order chi connectivity index (χ0) is 15.5. The van der Waals surface area contributed by atoms with Crippen LogP contribution in [0.3, 0.4) is 0 Å². The average Bonchev–Trinajstić information content (AvgIpc) is 2.90. The van der Waals surface area contributed by atoms with Gasteiger partial charge in [-0.25, -0.2) is 17.5 Å². The normalized spacial score (nSPS) is 18.0. The maximum atomic E-state index is 13.3. The standard InChI is InChI=1S/C14H22FN3O2S/c1-11(10-18-6-2-3-7-18)17-21(19,20)14-8-13(15)5-4-12(14)9-16/h4-5,8,11,17H,2-3,6-7,9-10,16H2,1H3. The Morgan fingerprint density at radius 2 is 2.05 bits per heavy atom. The van der Waals surface area contributed by atoms with Gasteiger partial charge in [-0.2, -0.15) is 0 Å². The van der Waals surface area contributed by atoms with Crippen LogP contribution in [0, 0.1) is 5.82 Å². The van der Waals surface area contributed by atoms with Crippen molar-refractivity contribution in [2.75, 3.05) is 19.6 Å². The van der Waals surface area contributed by atoms with Gasteiger partial charge in [0.05, 0.1) is 4.90 Å². The number of hydrogen-bond acceptors (Lipinski definition) is 4. The van der Waals surface area contributed by atoms with E-state index in [1.807, 2.05) is 6.92 Å². The number of likely N-dealkylation sites (tertiary alicyclic amines) is 1. The highest BCUT2D eigenvalue weighted by molar-refractivity contribution is 7.89. The molecule has 118 valence electrons. The predicted molar refractivity (Wildman–Crippen MR) is 79.7 cm³/mol. The topological polar surface area (TPSA) is 75.4 Å². The summed E-state index contributed by atoms with van der Waals surface area (Å²) >= 11 is 0. The SMILES string of the molecule is CC(CN1CCCC1)NS(=O)(=O)c1cc(F)ccc1CN. The first-order chi connectivity index (χ1) is 9.92. The van der Waals surface area contributed by atoms with Crippen molar-refractivity contribution in [1.29, 1.82) is 0 Å². The molecule has 1 fully saturated rings. The van der Waals surface area contributed by atoms with Gasteiger partial charge < -0.3 is 10.6 Å². The first-order valence-electron chi connectivity index (χ1n) is 7.15. The van der Waals surface area contributed by atoms with Crippen LogP contribution < -0.4 is 10.5 Å². The number of nitrogens with zero attached hydrogens (tertiary/aromatic N) is 1. The van der Waals surface area contributed by atoms with Gasteiger partial charge in [0.25, 0.3) is 0 Å². The van der Waals surface area contributed by atoms with E-state index in [0.29, 0.717) is 12.1 Å². The van der Waals surface area contributed by atoms with Gasteiger partial charge in [-0.1, -0.05) is 6.07 Å². The van der Waals surface area contributed by atoms with Crippen LogP contribution in [0.25, 0.3) is 0 Å². The lowest BCUT2D eigenvalue weighted by atomic mass is 10.2. The van der Waals surface area contributed by atoms with Crippen LogP contribution in [0.1, 0.15) is 25.3 Å². The van der Waals surface area contributed by atoms with Crippen LogP contribution in [0.15, 0.2) is 23.1 Å². The molecule has 0 radical (unpaired) electrons. The highest BCUT2D eigenvalue weighted by Crippen LogP contribution is 2.17. The summed E-state index contributed by atoms with van der Waals surface area (Å²) in [5.74, 6) is -0.584. The van der Waals surface area contributed by atoms with E-state index in [-0.39, 0.29) is 17.5 Å². The van der Waals surface area contributed by atoms with Crippen molar-refractivity contribution >= 4 is 10.0 Å². The number of halogens is 1. The lowest BCUT2D eigenvalue weighted by molar-refractivity contribution is 0.312. The summed E-state index contributed by atoms with van der Waals surface area (Å²) in [6.45, 7) is 4.53. The lowest BCUT2D eigenvalue weighted by Crippen LogP contribution is -2.41. The molecule has 0 saturated carbocycles. The first kappa shape index (κ1) is 16.4. The molecule has 1 saturated heterocycles. The molecule has 1 aliphatic heterocycles. The van der Waals surface area contributed by atoms with Crippen molar-refractivity contribution in [3.05, 3.63) is 29.6 Å². The molecule has 0 bridgehead atoms. The summed E-state index contributed by atoms with van der Waals surface area (Å²) in [4.78, 5) is 2.15. The third-order valence-electron chi connectivity index (χ3n) is 3.63. The molecule has 2 rings (SSSR count). The van der Waals surface area contributed by atoms with Crippen LogP contribution in [-0.2, 0) is 16.6 Å². The Morgan fingerprint density at radius 3 is 2.67 bits per heavy atom. The highest BCUT2D eigenvalue weighted by atomic mass is 32.2. The quantitative estimate of drug-likeness (QED) is 0.823. The molecule has 3 N–H and O–H groups in total. The molecule has 1 aromatic carbocycles. The van der Waals surface area contributed by atoms with Gasteiger partial charge in [0, 0.05) is 19.1 Å². The molecular formula is C14H22FN3O2S. The molecule has 0 spiro atoms. The lowest BCUT2D eigenvalue weighted by Gasteiger charge is -2.21. The fraction of sp³-hybridized carbons (Fsp3) is 0.571. The van der Waals surface area contributed by atoms with Crippen molar-refractivity contribution in [3.63, 3.8) is 0 Å². The Hall–Kier alpha value is -1.02. The smallest absolute Gasteiger partial charge is 0.241 e. The highest BCUT2D eigenvalue weighted by Gasteiger charge is 2.23. The van der Waals surface area contributed by atoms with Gasteiger partial charge in [-0.05, 0) is 50.6 Å². The minimum Gasteiger partial charge on any atom is -0.326 e. The molecule has 21 heavy (non-hydrogen) atoms. The van der Waals surface area contributed by atoms with E-state index in [9.17, 15) is 12.8 Å². The number of rotatable bonds is 6. The Kier molecular flexibility index (Phi) is 5.32. The molecule has 0 aromatic heterocycles. The summed E-state index contributed by atoms with van der Waals surface area (Å²) in [7, 11) is -3.76. The Bertz CT molecular complexity index is 586. The third-order valence-corrected chi connectivity index (χ3v) is 5.30. The molecule has 0 aliphatic carbocycles. The largest absolute Gasteiger partial charge is 0.326 e. The summed E-state index contributed by atoms with van der Waals surface area (Å²) in [5.41, 5.74) is 5.95. The van der Waals surface area contributed by atoms with Crippen molar-refractivity contribution in [2.45, 2.75) is 37.2 Å².